The number of amides is 1. The molecule has 1 fully saturated rings. The summed E-state index contributed by atoms with van der Waals surface area (Å²) in [5.41, 5.74) is 0.619. The number of rotatable bonds is 4. The Morgan fingerprint density at radius 1 is 0.735 bits per heavy atom. The highest BCUT2D eigenvalue weighted by molar-refractivity contribution is 6.37. The number of carbonyl (C=O) groups excluding carboxylic acids is 1. The summed E-state index contributed by atoms with van der Waals surface area (Å²) in [6.45, 7) is 0.662. The van der Waals surface area contributed by atoms with E-state index in [2.05, 4.69) is 5.32 Å². The normalized spacial score (nSPS) is 13.9. The van der Waals surface area contributed by atoms with E-state index in [4.69, 9.17) is 23.2 Å². The maximum atomic E-state index is 14.1. The molecule has 0 saturated carbocycles. The van der Waals surface area contributed by atoms with Crippen LogP contribution in [0.15, 0.2) is 42.5 Å². The minimum absolute atomic E-state index is 0.0475. The zero-order chi connectivity index (χ0) is 24.6. The fourth-order valence-corrected chi connectivity index (χ4v) is 4.18. The molecule has 0 bridgehead atoms. The van der Waals surface area contributed by atoms with E-state index >= 15 is 0 Å². The molecule has 3 aromatic carbocycles. The summed E-state index contributed by atoms with van der Waals surface area (Å²) < 4.78 is 68.6. The minimum Gasteiger partial charge on any atom is -0.368 e. The molecule has 11 heteroatoms. The van der Waals surface area contributed by atoms with E-state index in [0.717, 1.165) is 10.6 Å². The van der Waals surface area contributed by atoms with Gasteiger partial charge in [0.1, 0.15) is 5.69 Å². The molecular weight excluding hydrogens is 500 g/mol. The lowest BCUT2D eigenvalue weighted by Gasteiger charge is -2.37. The van der Waals surface area contributed by atoms with E-state index in [1.807, 2.05) is 4.90 Å². The van der Waals surface area contributed by atoms with Crippen LogP contribution >= 0.6 is 23.2 Å². The highest BCUT2D eigenvalue weighted by Crippen LogP contribution is 2.31. The first-order valence-corrected chi connectivity index (χ1v) is 10.8. The molecule has 1 N–H and O–H groups in total. The fraction of sp³-hybridized carbons (Fsp3) is 0.174. The summed E-state index contributed by atoms with van der Waals surface area (Å²) in [6, 6.07) is 11.4. The Labute approximate surface area is 201 Å². The van der Waals surface area contributed by atoms with Gasteiger partial charge in [-0.2, -0.15) is 0 Å². The molecule has 4 nitrogen and oxygen atoms in total. The molecule has 0 atom stereocenters. The van der Waals surface area contributed by atoms with Crippen molar-refractivity contribution in [3.63, 3.8) is 0 Å². The van der Waals surface area contributed by atoms with Crippen LogP contribution in [0.25, 0.3) is 0 Å². The lowest BCUT2D eigenvalue weighted by molar-refractivity contribution is 0.102. The van der Waals surface area contributed by atoms with Crippen molar-refractivity contribution in [2.45, 2.75) is 0 Å². The highest BCUT2D eigenvalue weighted by Gasteiger charge is 2.30. The largest absolute Gasteiger partial charge is 0.368 e. The second kappa shape index (κ2) is 9.68. The Morgan fingerprint density at radius 2 is 1.26 bits per heavy atom. The van der Waals surface area contributed by atoms with Crippen LogP contribution in [-0.4, -0.2) is 32.1 Å². The molecule has 0 spiro atoms. The number of hydrogen-bond donors (Lipinski definition) is 1. The number of carbonyl (C=O) groups is 1. The number of nitrogens with zero attached hydrogens (tertiary/aromatic N) is 2. The second-order valence-electron chi connectivity index (χ2n) is 7.52. The van der Waals surface area contributed by atoms with Crippen molar-refractivity contribution >= 4 is 46.2 Å². The first-order valence-electron chi connectivity index (χ1n) is 10.0. The van der Waals surface area contributed by atoms with Gasteiger partial charge in [0, 0.05) is 42.6 Å². The van der Waals surface area contributed by atoms with Gasteiger partial charge in [-0.25, -0.2) is 22.0 Å². The monoisotopic (exact) mass is 515 g/mol. The van der Waals surface area contributed by atoms with Gasteiger partial charge in [-0.1, -0.05) is 23.2 Å². The predicted molar refractivity (Wildman–Crippen MR) is 122 cm³/mol. The van der Waals surface area contributed by atoms with Crippen LogP contribution in [0.5, 0.6) is 0 Å². The molecular formula is C23H16Cl2F5N3O. The van der Waals surface area contributed by atoms with Gasteiger partial charge in [0.2, 0.25) is 5.82 Å². The SMILES string of the molecule is O=C(Nc1ccc(N2CCN(c3c(F)c(F)c(F)c(F)c3F)CC2)cc1)c1ccc(Cl)cc1Cl. The van der Waals surface area contributed by atoms with Crippen LogP contribution in [0.1, 0.15) is 10.4 Å². The number of benzene rings is 3. The number of piperazine rings is 1. The third-order valence-corrected chi connectivity index (χ3v) is 6.00. The summed E-state index contributed by atoms with van der Waals surface area (Å²) in [5.74, 6) is -10.2. The molecule has 1 saturated heterocycles. The zero-order valence-corrected chi connectivity index (χ0v) is 18.8. The van der Waals surface area contributed by atoms with Crippen molar-refractivity contribution in [1.29, 1.82) is 0 Å². The fourth-order valence-electron chi connectivity index (χ4n) is 3.69. The van der Waals surface area contributed by atoms with Crippen molar-refractivity contribution in [3.05, 3.63) is 87.2 Å². The van der Waals surface area contributed by atoms with Gasteiger partial charge in [0.05, 0.1) is 10.6 Å². The molecule has 0 radical (unpaired) electrons. The minimum atomic E-state index is -2.18. The van der Waals surface area contributed by atoms with Gasteiger partial charge in [-0.15, -0.1) is 0 Å². The lowest BCUT2D eigenvalue weighted by Crippen LogP contribution is -2.47. The van der Waals surface area contributed by atoms with Crippen molar-refractivity contribution < 1.29 is 26.7 Å². The number of anilines is 3. The van der Waals surface area contributed by atoms with E-state index in [1.54, 1.807) is 30.3 Å². The Bertz CT molecular complexity index is 1220. The molecule has 178 valence electrons. The summed E-state index contributed by atoms with van der Waals surface area (Å²) in [7, 11) is 0. The van der Waals surface area contributed by atoms with E-state index in [-0.39, 0.29) is 36.8 Å². The second-order valence-corrected chi connectivity index (χ2v) is 8.36. The van der Waals surface area contributed by atoms with E-state index in [0.29, 0.717) is 10.7 Å². The Balaban J connectivity index is 1.42. The van der Waals surface area contributed by atoms with Crippen molar-refractivity contribution in [2.75, 3.05) is 41.3 Å². The van der Waals surface area contributed by atoms with E-state index < -0.39 is 40.7 Å². The molecule has 4 rings (SSSR count). The highest BCUT2D eigenvalue weighted by atomic mass is 35.5. The van der Waals surface area contributed by atoms with E-state index in [1.165, 1.54) is 12.1 Å². The van der Waals surface area contributed by atoms with Gasteiger partial charge in [0.15, 0.2) is 23.3 Å². The third kappa shape index (κ3) is 4.63. The predicted octanol–water partition coefficient (Wildman–Crippen LogP) is 6.27. The quantitative estimate of drug-likeness (QED) is 0.253. The van der Waals surface area contributed by atoms with Crippen molar-refractivity contribution in [3.8, 4) is 0 Å². The molecule has 1 aliphatic heterocycles. The molecule has 34 heavy (non-hydrogen) atoms. The van der Waals surface area contributed by atoms with Crippen LogP contribution in [-0.2, 0) is 0 Å². The summed E-state index contributed by atoms with van der Waals surface area (Å²) >= 11 is 11.9. The summed E-state index contributed by atoms with van der Waals surface area (Å²) in [5, 5.41) is 3.35. The Hall–Kier alpha value is -3.04. The van der Waals surface area contributed by atoms with Crippen LogP contribution < -0.4 is 15.1 Å². The standard InChI is InChI=1S/C23H16Cl2F5N3O/c24-12-1-6-15(16(25)11-12)23(34)31-13-2-4-14(5-3-13)32-7-9-33(10-8-32)22-20(29)18(27)17(26)19(28)21(22)30/h1-6,11H,7-10H2,(H,31,34). The van der Waals surface area contributed by atoms with Crippen molar-refractivity contribution in [2.24, 2.45) is 0 Å². The summed E-state index contributed by atoms with van der Waals surface area (Å²) in [6.07, 6.45) is 0. The van der Waals surface area contributed by atoms with Gasteiger partial charge < -0.3 is 15.1 Å². The maximum Gasteiger partial charge on any atom is 0.257 e. The topological polar surface area (TPSA) is 35.6 Å². The molecule has 1 heterocycles. The number of halogens is 7. The first-order chi connectivity index (χ1) is 16.2. The maximum absolute atomic E-state index is 14.1. The zero-order valence-electron chi connectivity index (χ0n) is 17.3. The van der Waals surface area contributed by atoms with Crippen LogP contribution in [0.4, 0.5) is 39.0 Å². The molecule has 1 aliphatic rings. The number of hydrogen-bond acceptors (Lipinski definition) is 3. The van der Waals surface area contributed by atoms with Crippen LogP contribution in [0.2, 0.25) is 10.0 Å². The van der Waals surface area contributed by atoms with Gasteiger partial charge in [0.25, 0.3) is 5.91 Å². The molecule has 0 aliphatic carbocycles. The molecule has 0 aromatic heterocycles. The average Bonchev–Trinajstić information content (AvgIpc) is 2.82. The molecule has 0 unspecified atom stereocenters. The smallest absolute Gasteiger partial charge is 0.257 e. The average molecular weight is 516 g/mol. The number of nitrogens with one attached hydrogen (secondary N) is 1. The Morgan fingerprint density at radius 3 is 1.82 bits per heavy atom. The van der Waals surface area contributed by atoms with Crippen LogP contribution in [0, 0.1) is 29.1 Å². The first kappa shape index (κ1) is 24.1. The third-order valence-electron chi connectivity index (χ3n) is 5.45. The van der Waals surface area contributed by atoms with Gasteiger partial charge in [-0.3, -0.25) is 4.79 Å². The molecule has 1 amide bonds. The summed E-state index contributed by atoms with van der Waals surface area (Å²) in [4.78, 5) is 15.5. The van der Waals surface area contributed by atoms with Gasteiger partial charge in [-0.05, 0) is 42.5 Å². The van der Waals surface area contributed by atoms with Crippen LogP contribution in [0.3, 0.4) is 0 Å². The Kier molecular flexibility index (Phi) is 6.86. The van der Waals surface area contributed by atoms with E-state index in [9.17, 15) is 26.7 Å². The molecule has 3 aromatic rings. The van der Waals surface area contributed by atoms with Gasteiger partial charge >= 0.3 is 0 Å². The van der Waals surface area contributed by atoms with Crippen molar-refractivity contribution in [1.82, 2.24) is 0 Å². The lowest BCUT2D eigenvalue weighted by atomic mass is 10.1.